The highest BCUT2D eigenvalue weighted by atomic mass is 15.3. The zero-order valence-corrected chi connectivity index (χ0v) is 12.7. The van der Waals surface area contributed by atoms with E-state index in [1.165, 1.54) is 0 Å². The molecule has 0 aromatic carbocycles. The fourth-order valence-corrected chi connectivity index (χ4v) is 1.49. The Labute approximate surface area is 115 Å². The van der Waals surface area contributed by atoms with Gasteiger partial charge in [0.1, 0.15) is 0 Å². The van der Waals surface area contributed by atoms with E-state index < -0.39 is 0 Å². The molecule has 1 unspecified atom stereocenters. The molecule has 1 aromatic rings. The highest BCUT2D eigenvalue weighted by Gasteiger charge is 2.10. The molecule has 1 aromatic heterocycles. The SMILES string of the molecule is CNc1nc(NC(C)CCN(C)C)nc(N(C)C)n1. The second kappa shape index (κ2) is 7.08. The average Bonchev–Trinajstić information content (AvgIpc) is 2.35. The molecular weight excluding hydrogens is 242 g/mol. The van der Waals surface area contributed by atoms with Gasteiger partial charge in [0.15, 0.2) is 0 Å². The maximum absolute atomic E-state index is 4.39. The zero-order chi connectivity index (χ0) is 14.4. The second-order valence-corrected chi connectivity index (χ2v) is 5.06. The first kappa shape index (κ1) is 15.4. The molecule has 0 spiro atoms. The fourth-order valence-electron chi connectivity index (χ4n) is 1.49. The van der Waals surface area contributed by atoms with Gasteiger partial charge < -0.3 is 20.4 Å². The molecule has 1 atom stereocenters. The quantitative estimate of drug-likeness (QED) is 0.755. The van der Waals surface area contributed by atoms with Crippen LogP contribution in [0.3, 0.4) is 0 Å². The van der Waals surface area contributed by atoms with Gasteiger partial charge in [-0.05, 0) is 34.0 Å². The largest absolute Gasteiger partial charge is 0.357 e. The van der Waals surface area contributed by atoms with Crippen LogP contribution < -0.4 is 15.5 Å². The number of aromatic nitrogens is 3. The summed E-state index contributed by atoms with van der Waals surface area (Å²) in [5.74, 6) is 1.82. The van der Waals surface area contributed by atoms with Gasteiger partial charge in [-0.1, -0.05) is 0 Å². The van der Waals surface area contributed by atoms with Crippen molar-refractivity contribution in [1.82, 2.24) is 19.9 Å². The molecule has 0 bridgehead atoms. The lowest BCUT2D eigenvalue weighted by Gasteiger charge is -2.18. The van der Waals surface area contributed by atoms with Gasteiger partial charge in [0, 0.05) is 27.2 Å². The van der Waals surface area contributed by atoms with E-state index in [1.54, 1.807) is 7.05 Å². The lowest BCUT2D eigenvalue weighted by atomic mass is 10.2. The van der Waals surface area contributed by atoms with E-state index in [0.29, 0.717) is 23.9 Å². The van der Waals surface area contributed by atoms with Gasteiger partial charge in [-0.25, -0.2) is 0 Å². The van der Waals surface area contributed by atoms with E-state index in [4.69, 9.17) is 0 Å². The molecule has 0 aliphatic heterocycles. The Hall–Kier alpha value is -1.63. The first-order chi connectivity index (χ1) is 8.92. The lowest BCUT2D eigenvalue weighted by Crippen LogP contribution is -2.25. The van der Waals surface area contributed by atoms with Crippen molar-refractivity contribution >= 4 is 17.8 Å². The summed E-state index contributed by atoms with van der Waals surface area (Å²) in [7, 11) is 9.76. The van der Waals surface area contributed by atoms with Gasteiger partial charge in [-0.15, -0.1) is 0 Å². The van der Waals surface area contributed by atoms with E-state index in [1.807, 2.05) is 19.0 Å². The summed E-state index contributed by atoms with van der Waals surface area (Å²) in [5.41, 5.74) is 0. The van der Waals surface area contributed by atoms with Crippen LogP contribution in [0.1, 0.15) is 13.3 Å². The minimum absolute atomic E-state index is 0.310. The van der Waals surface area contributed by atoms with E-state index in [-0.39, 0.29) is 0 Å². The van der Waals surface area contributed by atoms with Crippen LogP contribution in [0.25, 0.3) is 0 Å². The monoisotopic (exact) mass is 267 g/mol. The van der Waals surface area contributed by atoms with Gasteiger partial charge in [-0.3, -0.25) is 0 Å². The van der Waals surface area contributed by atoms with Crippen molar-refractivity contribution in [1.29, 1.82) is 0 Å². The molecule has 0 radical (unpaired) electrons. The summed E-state index contributed by atoms with van der Waals surface area (Å²) >= 11 is 0. The molecule has 0 aliphatic carbocycles. The molecule has 7 heteroatoms. The van der Waals surface area contributed by atoms with Crippen molar-refractivity contribution in [2.45, 2.75) is 19.4 Å². The van der Waals surface area contributed by atoms with Crippen molar-refractivity contribution in [3.63, 3.8) is 0 Å². The summed E-state index contributed by atoms with van der Waals surface area (Å²) < 4.78 is 0. The van der Waals surface area contributed by atoms with E-state index in [0.717, 1.165) is 13.0 Å². The maximum Gasteiger partial charge on any atom is 0.231 e. The lowest BCUT2D eigenvalue weighted by molar-refractivity contribution is 0.390. The zero-order valence-electron chi connectivity index (χ0n) is 12.7. The summed E-state index contributed by atoms with van der Waals surface area (Å²) in [6.07, 6.45) is 1.03. The topological polar surface area (TPSA) is 69.2 Å². The van der Waals surface area contributed by atoms with Crippen LogP contribution in [0, 0.1) is 0 Å². The van der Waals surface area contributed by atoms with Gasteiger partial charge >= 0.3 is 0 Å². The van der Waals surface area contributed by atoms with Crippen LogP contribution in [-0.4, -0.2) is 67.7 Å². The number of nitrogens with one attached hydrogen (secondary N) is 2. The summed E-state index contributed by atoms with van der Waals surface area (Å²) in [5, 5.41) is 6.26. The third-order valence-electron chi connectivity index (χ3n) is 2.63. The number of hydrogen-bond acceptors (Lipinski definition) is 7. The minimum atomic E-state index is 0.310. The predicted octanol–water partition coefficient (Wildman–Crippen LogP) is 0.731. The number of nitrogens with zero attached hydrogens (tertiary/aromatic N) is 5. The molecule has 0 fully saturated rings. The summed E-state index contributed by atoms with van der Waals surface area (Å²) in [4.78, 5) is 17.0. The smallest absolute Gasteiger partial charge is 0.231 e. The number of anilines is 3. The van der Waals surface area contributed by atoms with E-state index in [2.05, 4.69) is 51.5 Å². The van der Waals surface area contributed by atoms with Crippen molar-refractivity contribution < 1.29 is 0 Å². The standard InChI is InChI=1S/C12H25N7/c1-9(7-8-18(3)4)14-11-15-10(13-2)16-12(17-11)19(5)6/h9H,7-8H2,1-6H3,(H2,13,14,15,16,17). The first-order valence-corrected chi connectivity index (χ1v) is 6.44. The van der Waals surface area contributed by atoms with Crippen LogP contribution in [0.4, 0.5) is 17.8 Å². The average molecular weight is 267 g/mol. The van der Waals surface area contributed by atoms with Gasteiger partial charge in [-0.2, -0.15) is 15.0 Å². The molecule has 2 N–H and O–H groups in total. The van der Waals surface area contributed by atoms with Crippen LogP contribution in [-0.2, 0) is 0 Å². The minimum Gasteiger partial charge on any atom is -0.357 e. The molecule has 0 saturated carbocycles. The molecule has 7 nitrogen and oxygen atoms in total. The highest BCUT2D eigenvalue weighted by Crippen LogP contribution is 2.12. The van der Waals surface area contributed by atoms with E-state index >= 15 is 0 Å². The van der Waals surface area contributed by atoms with Crippen molar-refractivity contribution in [3.8, 4) is 0 Å². The molecular formula is C12H25N7. The van der Waals surface area contributed by atoms with Gasteiger partial charge in [0.05, 0.1) is 0 Å². The Balaban J connectivity index is 2.73. The van der Waals surface area contributed by atoms with Crippen LogP contribution in [0.15, 0.2) is 0 Å². The third kappa shape index (κ3) is 5.25. The first-order valence-electron chi connectivity index (χ1n) is 6.44. The summed E-state index contributed by atoms with van der Waals surface area (Å²) in [6.45, 7) is 3.15. The Morgan fingerprint density at radius 2 is 1.68 bits per heavy atom. The maximum atomic E-state index is 4.39. The normalized spacial score (nSPS) is 12.4. The number of rotatable bonds is 7. The number of hydrogen-bond donors (Lipinski definition) is 2. The van der Waals surface area contributed by atoms with E-state index in [9.17, 15) is 0 Å². The van der Waals surface area contributed by atoms with Crippen molar-refractivity contribution in [2.24, 2.45) is 0 Å². The molecule has 0 saturated heterocycles. The van der Waals surface area contributed by atoms with Gasteiger partial charge in [0.2, 0.25) is 17.8 Å². The second-order valence-electron chi connectivity index (χ2n) is 5.06. The third-order valence-corrected chi connectivity index (χ3v) is 2.63. The fraction of sp³-hybridized carbons (Fsp3) is 0.750. The molecule has 1 rings (SSSR count). The van der Waals surface area contributed by atoms with Crippen LogP contribution in [0.5, 0.6) is 0 Å². The highest BCUT2D eigenvalue weighted by molar-refractivity contribution is 5.42. The Morgan fingerprint density at radius 3 is 2.21 bits per heavy atom. The molecule has 0 aliphatic rings. The van der Waals surface area contributed by atoms with Crippen LogP contribution >= 0.6 is 0 Å². The van der Waals surface area contributed by atoms with Gasteiger partial charge in [0.25, 0.3) is 0 Å². The molecule has 0 amide bonds. The molecule has 1 heterocycles. The molecule has 108 valence electrons. The van der Waals surface area contributed by atoms with Crippen molar-refractivity contribution in [3.05, 3.63) is 0 Å². The predicted molar refractivity (Wildman–Crippen MR) is 80.0 cm³/mol. The molecule has 19 heavy (non-hydrogen) atoms. The summed E-state index contributed by atoms with van der Waals surface area (Å²) in [6, 6.07) is 0.310. The Bertz CT molecular complexity index is 392. The Morgan fingerprint density at radius 1 is 1.05 bits per heavy atom. The Kier molecular flexibility index (Phi) is 5.75. The van der Waals surface area contributed by atoms with Crippen molar-refractivity contribution in [2.75, 3.05) is 57.3 Å². The van der Waals surface area contributed by atoms with Crippen LogP contribution in [0.2, 0.25) is 0 Å².